The first-order valence-electron chi connectivity index (χ1n) is 6.43. The summed E-state index contributed by atoms with van der Waals surface area (Å²) in [5, 5.41) is 3.09. The molecule has 0 unspecified atom stereocenters. The summed E-state index contributed by atoms with van der Waals surface area (Å²) in [7, 11) is 1.86. The molecular weight excluding hydrogens is 241 g/mol. The molecule has 0 aliphatic carbocycles. The molecular formula is C15H16FN3. The third kappa shape index (κ3) is 2.26. The van der Waals surface area contributed by atoms with E-state index in [0.29, 0.717) is 0 Å². The molecule has 2 aromatic rings. The first kappa shape index (κ1) is 12.0. The van der Waals surface area contributed by atoms with Crippen molar-refractivity contribution in [1.82, 2.24) is 4.98 Å². The van der Waals surface area contributed by atoms with E-state index in [2.05, 4.69) is 21.3 Å². The Morgan fingerprint density at radius 2 is 2.26 bits per heavy atom. The van der Waals surface area contributed by atoms with Gasteiger partial charge < -0.3 is 10.2 Å². The Hall–Kier alpha value is -2.10. The molecule has 0 fully saturated rings. The molecule has 19 heavy (non-hydrogen) atoms. The number of hydrogen-bond acceptors (Lipinski definition) is 3. The quantitative estimate of drug-likeness (QED) is 0.916. The average Bonchev–Trinajstić information content (AvgIpc) is 2.82. The van der Waals surface area contributed by atoms with Gasteiger partial charge >= 0.3 is 0 Å². The molecule has 1 aliphatic rings. The summed E-state index contributed by atoms with van der Waals surface area (Å²) in [6.45, 7) is 1.68. The number of anilines is 2. The predicted molar refractivity (Wildman–Crippen MR) is 74.9 cm³/mol. The predicted octanol–water partition coefficient (Wildman–Crippen LogP) is 2.83. The highest BCUT2D eigenvalue weighted by molar-refractivity contribution is 5.59. The van der Waals surface area contributed by atoms with Crippen molar-refractivity contribution in [3.63, 3.8) is 0 Å². The monoisotopic (exact) mass is 257 g/mol. The van der Waals surface area contributed by atoms with Gasteiger partial charge in [-0.2, -0.15) is 0 Å². The number of halogens is 1. The molecule has 2 heterocycles. The normalized spacial score (nSPS) is 13.5. The zero-order valence-corrected chi connectivity index (χ0v) is 10.9. The van der Waals surface area contributed by atoms with Crippen molar-refractivity contribution in [3.8, 4) is 0 Å². The van der Waals surface area contributed by atoms with Crippen molar-refractivity contribution in [2.45, 2.75) is 13.0 Å². The number of hydrogen-bond donors (Lipinski definition) is 1. The summed E-state index contributed by atoms with van der Waals surface area (Å²) < 4.78 is 13.4. The number of fused-ring (bicyclic) bond motifs is 1. The molecule has 98 valence electrons. The van der Waals surface area contributed by atoms with Crippen LogP contribution in [0.4, 0.5) is 15.9 Å². The van der Waals surface area contributed by atoms with Gasteiger partial charge in [-0.1, -0.05) is 12.1 Å². The summed E-state index contributed by atoms with van der Waals surface area (Å²) in [6, 6.07) is 9.02. The first-order valence-corrected chi connectivity index (χ1v) is 6.43. The number of nitrogens with one attached hydrogen (secondary N) is 1. The third-order valence-corrected chi connectivity index (χ3v) is 3.53. The van der Waals surface area contributed by atoms with E-state index in [1.54, 1.807) is 12.3 Å². The molecule has 1 N–H and O–H groups in total. The maximum absolute atomic E-state index is 13.4. The Kier molecular flexibility index (Phi) is 3.07. The molecule has 1 aromatic carbocycles. The van der Waals surface area contributed by atoms with E-state index in [-0.39, 0.29) is 5.82 Å². The minimum absolute atomic E-state index is 0.175. The molecule has 0 saturated carbocycles. The summed E-state index contributed by atoms with van der Waals surface area (Å²) in [5.74, 6) is 0.707. The van der Waals surface area contributed by atoms with Gasteiger partial charge in [0.25, 0.3) is 0 Å². The Morgan fingerprint density at radius 1 is 1.37 bits per heavy atom. The highest BCUT2D eigenvalue weighted by atomic mass is 19.1. The Labute approximate surface area is 112 Å². The SMILES string of the molecule is CNc1ncccc1CN1CCc2ccc(F)cc21. The zero-order valence-electron chi connectivity index (χ0n) is 10.9. The van der Waals surface area contributed by atoms with Gasteiger partial charge in [0.15, 0.2) is 0 Å². The molecule has 0 saturated heterocycles. The van der Waals surface area contributed by atoms with Crippen LogP contribution in [-0.4, -0.2) is 18.6 Å². The lowest BCUT2D eigenvalue weighted by molar-refractivity contribution is 0.627. The minimum atomic E-state index is -0.175. The number of nitrogens with zero attached hydrogens (tertiary/aromatic N) is 2. The molecule has 1 aliphatic heterocycles. The number of benzene rings is 1. The molecule has 3 rings (SSSR count). The second-order valence-electron chi connectivity index (χ2n) is 4.71. The Bertz CT molecular complexity index is 598. The fraction of sp³-hybridized carbons (Fsp3) is 0.267. The van der Waals surface area contributed by atoms with Crippen LogP contribution in [0.3, 0.4) is 0 Å². The van der Waals surface area contributed by atoms with E-state index in [1.165, 1.54) is 11.6 Å². The molecule has 0 amide bonds. The topological polar surface area (TPSA) is 28.2 Å². The molecule has 0 atom stereocenters. The molecule has 3 nitrogen and oxygen atoms in total. The largest absolute Gasteiger partial charge is 0.373 e. The van der Waals surface area contributed by atoms with Crippen molar-refractivity contribution in [3.05, 3.63) is 53.5 Å². The van der Waals surface area contributed by atoms with Crippen LogP contribution >= 0.6 is 0 Å². The molecule has 0 radical (unpaired) electrons. The van der Waals surface area contributed by atoms with Crippen molar-refractivity contribution in [1.29, 1.82) is 0 Å². The smallest absolute Gasteiger partial charge is 0.130 e. The van der Waals surface area contributed by atoms with Crippen LogP contribution in [0.25, 0.3) is 0 Å². The second kappa shape index (κ2) is 4.88. The van der Waals surface area contributed by atoms with Crippen molar-refractivity contribution in [2.24, 2.45) is 0 Å². The van der Waals surface area contributed by atoms with Gasteiger partial charge in [0.05, 0.1) is 0 Å². The van der Waals surface area contributed by atoms with Gasteiger partial charge in [-0.3, -0.25) is 0 Å². The van der Waals surface area contributed by atoms with E-state index in [0.717, 1.165) is 36.6 Å². The number of aromatic nitrogens is 1. The molecule has 0 bridgehead atoms. The van der Waals surface area contributed by atoms with Crippen LogP contribution in [-0.2, 0) is 13.0 Å². The first-order chi connectivity index (χ1) is 9.28. The fourth-order valence-corrected chi connectivity index (χ4v) is 2.58. The highest BCUT2D eigenvalue weighted by Crippen LogP contribution is 2.30. The van der Waals surface area contributed by atoms with Crippen molar-refractivity contribution < 1.29 is 4.39 Å². The van der Waals surface area contributed by atoms with Crippen LogP contribution < -0.4 is 10.2 Å². The van der Waals surface area contributed by atoms with Gasteiger partial charge in [-0.15, -0.1) is 0 Å². The van der Waals surface area contributed by atoms with E-state index in [1.807, 2.05) is 19.2 Å². The molecule has 4 heteroatoms. The van der Waals surface area contributed by atoms with Gasteiger partial charge in [-0.25, -0.2) is 9.37 Å². The van der Waals surface area contributed by atoms with Crippen LogP contribution in [0.15, 0.2) is 36.5 Å². The highest BCUT2D eigenvalue weighted by Gasteiger charge is 2.20. The van der Waals surface area contributed by atoms with Crippen molar-refractivity contribution >= 4 is 11.5 Å². The van der Waals surface area contributed by atoms with E-state index >= 15 is 0 Å². The summed E-state index contributed by atoms with van der Waals surface area (Å²) in [4.78, 5) is 6.51. The van der Waals surface area contributed by atoms with Gasteiger partial charge in [0.1, 0.15) is 11.6 Å². The van der Waals surface area contributed by atoms with Crippen LogP contribution in [0, 0.1) is 5.82 Å². The standard InChI is InChI=1S/C15H16FN3/c1-17-15-12(3-2-7-18-15)10-19-8-6-11-4-5-13(16)9-14(11)19/h2-5,7,9H,6,8,10H2,1H3,(H,17,18). The number of pyridine rings is 1. The Balaban J connectivity index is 1.88. The van der Waals surface area contributed by atoms with Crippen LogP contribution in [0.2, 0.25) is 0 Å². The summed E-state index contributed by atoms with van der Waals surface area (Å²) in [5.41, 5.74) is 3.35. The second-order valence-corrected chi connectivity index (χ2v) is 4.71. The maximum atomic E-state index is 13.4. The van der Waals surface area contributed by atoms with Crippen LogP contribution in [0.1, 0.15) is 11.1 Å². The summed E-state index contributed by atoms with van der Waals surface area (Å²) >= 11 is 0. The third-order valence-electron chi connectivity index (χ3n) is 3.53. The zero-order chi connectivity index (χ0) is 13.2. The van der Waals surface area contributed by atoms with Crippen LogP contribution in [0.5, 0.6) is 0 Å². The van der Waals surface area contributed by atoms with Gasteiger partial charge in [-0.05, 0) is 30.2 Å². The molecule has 0 spiro atoms. The number of rotatable bonds is 3. The fourth-order valence-electron chi connectivity index (χ4n) is 2.58. The maximum Gasteiger partial charge on any atom is 0.130 e. The van der Waals surface area contributed by atoms with Gasteiger partial charge in [0, 0.05) is 37.6 Å². The summed E-state index contributed by atoms with van der Waals surface area (Å²) in [6.07, 6.45) is 2.75. The Morgan fingerprint density at radius 3 is 3.11 bits per heavy atom. The lowest BCUT2D eigenvalue weighted by Gasteiger charge is -2.20. The average molecular weight is 257 g/mol. The van der Waals surface area contributed by atoms with E-state index in [9.17, 15) is 4.39 Å². The van der Waals surface area contributed by atoms with E-state index in [4.69, 9.17) is 0 Å². The minimum Gasteiger partial charge on any atom is -0.373 e. The van der Waals surface area contributed by atoms with Crippen molar-refractivity contribution in [2.75, 3.05) is 23.8 Å². The van der Waals surface area contributed by atoms with E-state index < -0.39 is 0 Å². The lowest BCUT2D eigenvalue weighted by atomic mass is 10.1. The molecule has 1 aromatic heterocycles. The van der Waals surface area contributed by atoms with Gasteiger partial charge in [0.2, 0.25) is 0 Å². The lowest BCUT2D eigenvalue weighted by Crippen LogP contribution is -2.20.